The summed E-state index contributed by atoms with van der Waals surface area (Å²) in [5.74, 6) is 3.47. The van der Waals surface area contributed by atoms with Gasteiger partial charge in [0.2, 0.25) is 0 Å². The third-order valence-corrected chi connectivity index (χ3v) is 10.2. The Hall–Kier alpha value is -1.31. The van der Waals surface area contributed by atoms with E-state index in [4.69, 9.17) is 4.74 Å². The van der Waals surface area contributed by atoms with Crippen molar-refractivity contribution >= 4 is 5.97 Å². The van der Waals surface area contributed by atoms with E-state index in [0.717, 1.165) is 37.5 Å². The van der Waals surface area contributed by atoms with Gasteiger partial charge in [-0.1, -0.05) is 76.5 Å². The molecule has 4 rings (SSSR count). The van der Waals surface area contributed by atoms with Gasteiger partial charge in [0.15, 0.2) is 0 Å². The first-order chi connectivity index (χ1) is 15.1. The summed E-state index contributed by atoms with van der Waals surface area (Å²) in [6.45, 7) is 16.1. The van der Waals surface area contributed by atoms with Crippen LogP contribution in [0.4, 0.5) is 0 Å². The molecule has 7 atom stereocenters. The molecule has 32 heavy (non-hydrogen) atoms. The van der Waals surface area contributed by atoms with Crippen molar-refractivity contribution in [2.75, 3.05) is 0 Å². The van der Waals surface area contributed by atoms with Crippen molar-refractivity contribution in [1.82, 2.24) is 0 Å². The van der Waals surface area contributed by atoms with Crippen LogP contribution in [0.25, 0.3) is 0 Å². The molecular weight excluding hydrogens is 392 g/mol. The van der Waals surface area contributed by atoms with Gasteiger partial charge in [0.1, 0.15) is 6.10 Å². The lowest BCUT2D eigenvalue weighted by Crippen LogP contribution is -2.42. The van der Waals surface area contributed by atoms with Crippen molar-refractivity contribution in [2.45, 2.75) is 106 Å². The summed E-state index contributed by atoms with van der Waals surface area (Å²) in [5, 5.41) is 0. The maximum atomic E-state index is 11.5. The molecule has 0 aromatic heterocycles. The first kappa shape index (κ1) is 23.8. The number of carbonyl (C=O) groups excluding carboxylic acids is 1. The highest BCUT2D eigenvalue weighted by molar-refractivity contribution is 5.66. The molecule has 0 aliphatic heterocycles. The quantitative estimate of drug-likeness (QED) is 0.320. The molecule has 178 valence electrons. The van der Waals surface area contributed by atoms with E-state index in [2.05, 4.69) is 59.8 Å². The summed E-state index contributed by atoms with van der Waals surface area (Å²) in [5.41, 5.74) is 5.77. The van der Waals surface area contributed by atoms with E-state index in [1.165, 1.54) is 25.7 Å². The third-order valence-electron chi connectivity index (χ3n) is 10.2. The van der Waals surface area contributed by atoms with Gasteiger partial charge >= 0.3 is 5.97 Å². The Labute approximate surface area is 197 Å². The van der Waals surface area contributed by atoms with Crippen LogP contribution in [0.2, 0.25) is 0 Å². The second-order valence-electron chi connectivity index (χ2n) is 12.3. The van der Waals surface area contributed by atoms with Gasteiger partial charge in [-0.05, 0) is 80.0 Å². The Bertz CT molecular complexity index is 830. The van der Waals surface area contributed by atoms with E-state index in [9.17, 15) is 4.79 Å². The van der Waals surface area contributed by atoms with E-state index in [1.807, 2.05) is 0 Å². The van der Waals surface area contributed by atoms with Gasteiger partial charge in [0.05, 0.1) is 0 Å². The SMILES string of the molecule is CC(=O)OC1CCC2(C)C(=CCC3=C2CCC2(C)C3CCC2C(C)C=CC(C)C(C)C)C1. The standard InChI is InChI=1S/C30H46O2/c1-19(2)20(3)8-9-21(4)26-12-13-27-25-11-10-23-18-24(32-22(5)31)14-16-29(23,6)28(25)15-17-30(26,27)7/h8-10,19-21,24,26-27H,11-18H2,1-7H3. The van der Waals surface area contributed by atoms with E-state index in [1.54, 1.807) is 23.6 Å². The van der Waals surface area contributed by atoms with Crippen LogP contribution in [-0.4, -0.2) is 12.1 Å². The van der Waals surface area contributed by atoms with Crippen LogP contribution in [0, 0.1) is 40.4 Å². The predicted octanol–water partition coefficient (Wildman–Crippen LogP) is 8.05. The number of hydrogen-bond donors (Lipinski definition) is 0. The zero-order valence-corrected chi connectivity index (χ0v) is 21.7. The average Bonchev–Trinajstić information content (AvgIpc) is 3.08. The number of allylic oxidation sites excluding steroid dienone is 5. The van der Waals surface area contributed by atoms with Crippen LogP contribution >= 0.6 is 0 Å². The molecule has 0 N–H and O–H groups in total. The second kappa shape index (κ2) is 8.80. The van der Waals surface area contributed by atoms with Gasteiger partial charge in [-0.25, -0.2) is 0 Å². The molecule has 0 spiro atoms. The Balaban J connectivity index is 1.53. The Morgan fingerprint density at radius 2 is 1.84 bits per heavy atom. The number of ether oxygens (including phenoxy) is 1. The van der Waals surface area contributed by atoms with E-state index in [0.29, 0.717) is 23.2 Å². The fourth-order valence-corrected chi connectivity index (χ4v) is 7.83. The molecule has 0 heterocycles. The first-order valence-electron chi connectivity index (χ1n) is 13.3. The molecule has 2 heteroatoms. The fraction of sp³-hybridized carbons (Fsp3) is 0.767. The topological polar surface area (TPSA) is 26.3 Å². The molecule has 0 bridgehead atoms. The lowest BCUT2D eigenvalue weighted by molar-refractivity contribution is -0.147. The maximum Gasteiger partial charge on any atom is 0.302 e. The zero-order valence-electron chi connectivity index (χ0n) is 21.7. The third kappa shape index (κ3) is 4.05. The zero-order chi connectivity index (χ0) is 23.3. The lowest BCUT2D eigenvalue weighted by Gasteiger charge is -2.52. The van der Waals surface area contributed by atoms with E-state index < -0.39 is 0 Å². The minimum Gasteiger partial charge on any atom is -0.462 e. The van der Waals surface area contributed by atoms with Gasteiger partial charge in [-0.15, -0.1) is 0 Å². The van der Waals surface area contributed by atoms with Gasteiger partial charge in [0, 0.05) is 18.8 Å². The normalized spacial score (nSPS) is 38.8. The molecule has 0 amide bonds. The smallest absolute Gasteiger partial charge is 0.302 e. The molecule has 7 unspecified atom stereocenters. The summed E-state index contributed by atoms with van der Waals surface area (Å²) in [6.07, 6.45) is 17.2. The molecule has 4 aliphatic rings. The van der Waals surface area contributed by atoms with E-state index in [-0.39, 0.29) is 17.5 Å². The molecule has 2 saturated carbocycles. The van der Waals surface area contributed by atoms with Crippen LogP contribution in [0.1, 0.15) is 99.8 Å². The maximum absolute atomic E-state index is 11.5. The number of fused-ring (bicyclic) bond motifs is 4. The highest BCUT2D eigenvalue weighted by Gasteiger charge is 2.54. The molecular formula is C30H46O2. The van der Waals surface area contributed by atoms with Gasteiger partial charge in [-0.3, -0.25) is 4.79 Å². The van der Waals surface area contributed by atoms with Crippen molar-refractivity contribution in [2.24, 2.45) is 40.4 Å². The van der Waals surface area contributed by atoms with Crippen molar-refractivity contribution in [3.05, 3.63) is 34.9 Å². The van der Waals surface area contributed by atoms with Crippen molar-refractivity contribution in [3.63, 3.8) is 0 Å². The molecule has 0 saturated heterocycles. The summed E-state index contributed by atoms with van der Waals surface area (Å²) >= 11 is 0. The summed E-state index contributed by atoms with van der Waals surface area (Å²) < 4.78 is 5.60. The minimum atomic E-state index is -0.133. The Morgan fingerprint density at radius 3 is 2.53 bits per heavy atom. The highest BCUT2D eigenvalue weighted by atomic mass is 16.5. The Morgan fingerprint density at radius 1 is 1.09 bits per heavy atom. The van der Waals surface area contributed by atoms with Crippen molar-refractivity contribution in [3.8, 4) is 0 Å². The van der Waals surface area contributed by atoms with Crippen LogP contribution in [0.15, 0.2) is 34.9 Å². The van der Waals surface area contributed by atoms with Crippen molar-refractivity contribution < 1.29 is 9.53 Å². The number of rotatable bonds is 5. The van der Waals surface area contributed by atoms with Gasteiger partial charge in [-0.2, -0.15) is 0 Å². The summed E-state index contributed by atoms with van der Waals surface area (Å²) in [6, 6.07) is 0. The summed E-state index contributed by atoms with van der Waals surface area (Å²) in [7, 11) is 0. The second-order valence-corrected chi connectivity index (χ2v) is 12.3. The van der Waals surface area contributed by atoms with Crippen LogP contribution in [0.5, 0.6) is 0 Å². The molecule has 0 aromatic carbocycles. The molecule has 4 aliphatic carbocycles. The number of carbonyl (C=O) groups is 1. The monoisotopic (exact) mass is 438 g/mol. The highest BCUT2D eigenvalue weighted by Crippen LogP contribution is 2.64. The largest absolute Gasteiger partial charge is 0.462 e. The number of esters is 1. The van der Waals surface area contributed by atoms with Crippen molar-refractivity contribution in [1.29, 1.82) is 0 Å². The summed E-state index contributed by atoms with van der Waals surface area (Å²) in [4.78, 5) is 11.5. The van der Waals surface area contributed by atoms with Crippen LogP contribution < -0.4 is 0 Å². The van der Waals surface area contributed by atoms with E-state index >= 15 is 0 Å². The van der Waals surface area contributed by atoms with Gasteiger partial charge in [0.25, 0.3) is 0 Å². The predicted molar refractivity (Wildman–Crippen MR) is 133 cm³/mol. The molecule has 2 nitrogen and oxygen atoms in total. The van der Waals surface area contributed by atoms with Gasteiger partial charge < -0.3 is 4.74 Å². The van der Waals surface area contributed by atoms with Crippen LogP contribution in [0.3, 0.4) is 0 Å². The number of hydrogen-bond acceptors (Lipinski definition) is 2. The lowest BCUT2D eigenvalue weighted by atomic mass is 9.53. The van der Waals surface area contributed by atoms with Crippen LogP contribution in [-0.2, 0) is 9.53 Å². The molecule has 2 fully saturated rings. The minimum absolute atomic E-state index is 0.0829. The molecule has 0 aromatic rings. The first-order valence-corrected chi connectivity index (χ1v) is 13.3. The average molecular weight is 439 g/mol. The molecule has 0 radical (unpaired) electrons. The Kier molecular flexibility index (Phi) is 6.56. The fourth-order valence-electron chi connectivity index (χ4n) is 7.83.